The number of aliphatic imine (C=N–C) groups is 1. The molecule has 0 unspecified atom stereocenters. The number of hydrogen-bond acceptors (Lipinski definition) is 2. The van der Waals surface area contributed by atoms with E-state index >= 15 is 0 Å². The van der Waals surface area contributed by atoms with Crippen molar-refractivity contribution in [3.05, 3.63) is 71.2 Å². The number of nitrogens with one attached hydrogen (secondary N) is 3. The molecule has 1 aromatic heterocycles. The fourth-order valence-corrected chi connectivity index (χ4v) is 3.16. The maximum absolute atomic E-state index is 13.7. The first kappa shape index (κ1) is 19.9. The minimum absolute atomic E-state index is 0.252. The molecule has 0 aliphatic rings. The molecule has 148 valence electrons. The number of guanidine groups is 1. The van der Waals surface area contributed by atoms with Crippen molar-refractivity contribution in [3.63, 3.8) is 0 Å². The van der Waals surface area contributed by atoms with Crippen LogP contribution in [0.2, 0.25) is 0 Å². The number of H-pyrrole nitrogens is 1. The van der Waals surface area contributed by atoms with Crippen molar-refractivity contribution in [1.29, 1.82) is 0 Å². The molecule has 0 aliphatic carbocycles. The van der Waals surface area contributed by atoms with Gasteiger partial charge in [-0.2, -0.15) is 0 Å². The van der Waals surface area contributed by atoms with Gasteiger partial charge in [-0.15, -0.1) is 0 Å². The minimum Gasteiger partial charge on any atom is -0.380 e. The van der Waals surface area contributed by atoms with Crippen molar-refractivity contribution >= 4 is 16.9 Å². The molecule has 3 N–H and O–H groups in total. The van der Waals surface area contributed by atoms with Crippen LogP contribution in [-0.2, 0) is 24.3 Å². The Hall–Kier alpha value is -2.86. The van der Waals surface area contributed by atoms with E-state index in [9.17, 15) is 4.39 Å². The lowest BCUT2D eigenvalue weighted by Crippen LogP contribution is -2.38. The number of nitrogens with zero attached hydrogens (tertiary/aromatic N) is 1. The van der Waals surface area contributed by atoms with Crippen molar-refractivity contribution in [3.8, 4) is 0 Å². The van der Waals surface area contributed by atoms with E-state index in [2.05, 4.69) is 45.0 Å². The predicted molar refractivity (Wildman–Crippen MR) is 112 cm³/mol. The number of aromatic nitrogens is 1. The standard InChI is InChI=1S/C22H27FN4O/c1-3-24-22(27-13-16-8-9-20(23)18(12-16)15-28-2)25-11-10-17-14-26-21-7-5-4-6-19(17)21/h4-9,12,14,26H,3,10-11,13,15H2,1-2H3,(H2,24,25,27). The fraction of sp³-hybridized carbons (Fsp3) is 0.318. The number of benzene rings is 2. The average molecular weight is 382 g/mol. The van der Waals surface area contributed by atoms with Crippen molar-refractivity contribution in [1.82, 2.24) is 15.6 Å². The van der Waals surface area contributed by atoms with Gasteiger partial charge in [-0.1, -0.05) is 24.3 Å². The molecule has 5 nitrogen and oxygen atoms in total. The Morgan fingerprint density at radius 2 is 2.00 bits per heavy atom. The van der Waals surface area contributed by atoms with Gasteiger partial charge in [0.25, 0.3) is 0 Å². The molecule has 0 atom stereocenters. The molecule has 0 saturated carbocycles. The summed E-state index contributed by atoms with van der Waals surface area (Å²) < 4.78 is 18.8. The Morgan fingerprint density at radius 1 is 1.14 bits per heavy atom. The SMILES string of the molecule is CCNC(=NCc1ccc(F)c(COC)c1)NCCc1c[nH]c2ccccc12. The first-order chi connectivity index (χ1) is 13.7. The van der Waals surface area contributed by atoms with Gasteiger partial charge in [0.2, 0.25) is 0 Å². The zero-order chi connectivity index (χ0) is 19.8. The Bertz CT molecular complexity index is 935. The van der Waals surface area contributed by atoms with Crippen LogP contribution < -0.4 is 10.6 Å². The third-order valence-corrected chi connectivity index (χ3v) is 4.54. The minimum atomic E-state index is -0.252. The number of hydrogen-bond donors (Lipinski definition) is 3. The summed E-state index contributed by atoms with van der Waals surface area (Å²) in [6.07, 6.45) is 2.95. The molecule has 0 amide bonds. The lowest BCUT2D eigenvalue weighted by atomic mass is 10.1. The highest BCUT2D eigenvalue weighted by Crippen LogP contribution is 2.17. The Balaban J connectivity index is 1.60. The second kappa shape index (κ2) is 9.90. The van der Waals surface area contributed by atoms with Crippen molar-refractivity contribution < 1.29 is 9.13 Å². The van der Waals surface area contributed by atoms with Crippen LogP contribution in [0.1, 0.15) is 23.6 Å². The lowest BCUT2D eigenvalue weighted by Gasteiger charge is -2.11. The molecule has 1 heterocycles. The summed E-state index contributed by atoms with van der Waals surface area (Å²) in [6.45, 7) is 4.31. The Kier molecular flexibility index (Phi) is 7.03. The van der Waals surface area contributed by atoms with Crippen molar-refractivity contribution in [2.75, 3.05) is 20.2 Å². The quantitative estimate of drug-likeness (QED) is 0.411. The fourth-order valence-electron chi connectivity index (χ4n) is 3.16. The van der Waals surface area contributed by atoms with Crippen LogP contribution in [0.15, 0.2) is 53.7 Å². The maximum atomic E-state index is 13.7. The molecule has 3 rings (SSSR count). The number of halogens is 1. The van der Waals surface area contributed by atoms with Gasteiger partial charge in [-0.25, -0.2) is 9.38 Å². The summed E-state index contributed by atoms with van der Waals surface area (Å²) in [5, 5.41) is 7.88. The van der Waals surface area contributed by atoms with Gasteiger partial charge in [-0.3, -0.25) is 0 Å². The smallest absolute Gasteiger partial charge is 0.191 e. The summed E-state index contributed by atoms with van der Waals surface area (Å²) in [7, 11) is 1.56. The van der Waals surface area contributed by atoms with Crippen LogP contribution in [0.4, 0.5) is 4.39 Å². The summed E-state index contributed by atoms with van der Waals surface area (Å²) in [5.74, 6) is 0.498. The zero-order valence-electron chi connectivity index (χ0n) is 16.4. The summed E-state index contributed by atoms with van der Waals surface area (Å²) >= 11 is 0. The molecule has 6 heteroatoms. The van der Waals surface area contributed by atoms with E-state index in [1.807, 2.05) is 13.0 Å². The van der Waals surface area contributed by atoms with Gasteiger partial charge >= 0.3 is 0 Å². The van der Waals surface area contributed by atoms with E-state index in [0.29, 0.717) is 12.1 Å². The Morgan fingerprint density at radius 3 is 2.82 bits per heavy atom. The molecule has 0 fully saturated rings. The molecular weight excluding hydrogens is 355 g/mol. The van der Waals surface area contributed by atoms with Gasteiger partial charge in [-0.05, 0) is 42.7 Å². The molecule has 3 aromatic rings. The van der Waals surface area contributed by atoms with E-state index in [1.54, 1.807) is 19.2 Å². The summed E-state index contributed by atoms with van der Waals surface area (Å²) in [6, 6.07) is 13.3. The molecule has 0 bridgehead atoms. The molecule has 0 spiro atoms. The highest BCUT2D eigenvalue weighted by molar-refractivity contribution is 5.83. The van der Waals surface area contributed by atoms with Crippen molar-refractivity contribution in [2.45, 2.75) is 26.5 Å². The van der Waals surface area contributed by atoms with E-state index in [4.69, 9.17) is 4.74 Å². The van der Waals surface area contributed by atoms with E-state index in [0.717, 1.165) is 36.6 Å². The maximum Gasteiger partial charge on any atom is 0.191 e. The molecule has 28 heavy (non-hydrogen) atoms. The summed E-state index contributed by atoms with van der Waals surface area (Å²) in [5.41, 5.74) is 3.93. The largest absolute Gasteiger partial charge is 0.380 e. The number of methoxy groups -OCH3 is 1. The first-order valence-corrected chi connectivity index (χ1v) is 9.54. The van der Waals surface area contributed by atoms with Crippen molar-refractivity contribution in [2.24, 2.45) is 4.99 Å². The van der Waals surface area contributed by atoms with Crippen LogP contribution in [0.5, 0.6) is 0 Å². The third kappa shape index (κ3) is 5.10. The number of para-hydroxylation sites is 1. The summed E-state index contributed by atoms with van der Waals surface area (Å²) in [4.78, 5) is 7.92. The van der Waals surface area contributed by atoms with Crippen LogP contribution in [0, 0.1) is 5.82 Å². The van der Waals surface area contributed by atoms with Gasteiger partial charge < -0.3 is 20.4 Å². The molecule has 2 aromatic carbocycles. The van der Waals surface area contributed by atoms with Gasteiger partial charge in [0, 0.05) is 42.9 Å². The van der Waals surface area contributed by atoms with Crippen LogP contribution in [-0.4, -0.2) is 31.1 Å². The average Bonchev–Trinajstić information content (AvgIpc) is 3.12. The number of aromatic amines is 1. The van der Waals surface area contributed by atoms with Crippen LogP contribution in [0.25, 0.3) is 10.9 Å². The van der Waals surface area contributed by atoms with E-state index in [-0.39, 0.29) is 12.4 Å². The van der Waals surface area contributed by atoms with Gasteiger partial charge in [0.15, 0.2) is 5.96 Å². The second-order valence-electron chi connectivity index (χ2n) is 6.59. The van der Waals surface area contributed by atoms with Gasteiger partial charge in [0.05, 0.1) is 13.2 Å². The highest BCUT2D eigenvalue weighted by Gasteiger charge is 2.05. The number of fused-ring (bicyclic) bond motifs is 1. The van der Waals surface area contributed by atoms with E-state index in [1.165, 1.54) is 17.0 Å². The zero-order valence-corrected chi connectivity index (χ0v) is 16.4. The monoisotopic (exact) mass is 382 g/mol. The second-order valence-corrected chi connectivity index (χ2v) is 6.59. The van der Waals surface area contributed by atoms with E-state index < -0.39 is 0 Å². The topological polar surface area (TPSA) is 61.4 Å². The number of rotatable bonds is 8. The molecule has 0 radical (unpaired) electrons. The van der Waals surface area contributed by atoms with Crippen LogP contribution in [0.3, 0.4) is 0 Å². The van der Waals surface area contributed by atoms with Crippen LogP contribution >= 0.6 is 0 Å². The third-order valence-electron chi connectivity index (χ3n) is 4.54. The van der Waals surface area contributed by atoms with Gasteiger partial charge in [0.1, 0.15) is 5.82 Å². The molecular formula is C22H27FN4O. The predicted octanol–water partition coefficient (Wildman–Crippen LogP) is 3.75. The molecule has 0 aliphatic heterocycles. The lowest BCUT2D eigenvalue weighted by molar-refractivity contribution is 0.181. The molecule has 0 saturated heterocycles. The number of ether oxygens (including phenoxy) is 1. The Labute approximate surface area is 165 Å². The first-order valence-electron chi connectivity index (χ1n) is 9.54. The normalized spacial score (nSPS) is 11.8. The highest BCUT2D eigenvalue weighted by atomic mass is 19.1.